The number of urea groups is 1. The summed E-state index contributed by atoms with van der Waals surface area (Å²) in [5.74, 6) is 0.496. The minimum atomic E-state index is -2.52. The Morgan fingerprint density at radius 2 is 2.30 bits per heavy atom. The van der Waals surface area contributed by atoms with E-state index in [0.717, 1.165) is 18.4 Å². The summed E-state index contributed by atoms with van der Waals surface area (Å²) in [7, 11) is 0. The Balaban J connectivity index is 1.83. The van der Waals surface area contributed by atoms with Crippen LogP contribution in [0.1, 0.15) is 18.4 Å². The molecule has 2 rings (SSSR count). The molecule has 7 heteroatoms. The highest BCUT2D eigenvalue weighted by molar-refractivity contribution is 5.74. The molecule has 1 saturated heterocycles. The fourth-order valence-electron chi connectivity index (χ4n) is 2.59. The third kappa shape index (κ3) is 5.67. The molecule has 1 aromatic rings. The van der Waals surface area contributed by atoms with Crippen molar-refractivity contribution in [2.24, 2.45) is 5.92 Å². The maximum absolute atomic E-state index is 12.1. The van der Waals surface area contributed by atoms with Crippen LogP contribution in [0.3, 0.4) is 0 Å². The molecule has 1 fully saturated rings. The zero-order chi connectivity index (χ0) is 16.7. The second kappa shape index (κ2) is 8.67. The third-order valence-corrected chi connectivity index (χ3v) is 3.78. The molecule has 0 aliphatic carbocycles. The van der Waals surface area contributed by atoms with Gasteiger partial charge in [0, 0.05) is 26.2 Å². The lowest BCUT2D eigenvalue weighted by molar-refractivity contribution is 0.0818. The predicted octanol–water partition coefficient (Wildman–Crippen LogP) is 2.24. The van der Waals surface area contributed by atoms with Crippen molar-refractivity contribution in [3.05, 3.63) is 29.8 Å². The Morgan fingerprint density at radius 3 is 3.04 bits per heavy atom. The molecule has 0 saturated carbocycles. The fourth-order valence-corrected chi connectivity index (χ4v) is 2.59. The molecule has 0 unspecified atom stereocenters. The summed E-state index contributed by atoms with van der Waals surface area (Å²) in [6, 6.07) is 6.55. The van der Waals surface area contributed by atoms with Gasteiger partial charge in [-0.2, -0.15) is 0 Å². The molecule has 0 radical (unpaired) electrons. The Morgan fingerprint density at radius 1 is 1.48 bits per heavy atom. The van der Waals surface area contributed by atoms with E-state index in [9.17, 15) is 18.7 Å². The highest BCUT2D eigenvalue weighted by Gasteiger charge is 2.22. The summed E-state index contributed by atoms with van der Waals surface area (Å²) in [6.07, 6.45) is -0.698. The van der Waals surface area contributed by atoms with E-state index in [2.05, 4.69) is 5.32 Å². The summed E-state index contributed by atoms with van der Waals surface area (Å²) in [5, 5.41) is 12.0. The maximum Gasteiger partial charge on any atom is 0.317 e. The molecule has 0 aromatic heterocycles. The smallest absolute Gasteiger partial charge is 0.317 e. The number of carbonyl (C=O) groups excluding carboxylic acids is 1. The molecule has 0 bridgehead atoms. The van der Waals surface area contributed by atoms with Crippen LogP contribution in [0.4, 0.5) is 13.6 Å². The number of amides is 2. The largest absolute Gasteiger partial charge is 0.488 e. The summed E-state index contributed by atoms with van der Waals surface area (Å²) in [5.41, 5.74) is 0.779. The molecule has 1 atom stereocenters. The van der Waals surface area contributed by atoms with Gasteiger partial charge in [-0.1, -0.05) is 12.1 Å². The van der Waals surface area contributed by atoms with Crippen LogP contribution >= 0.6 is 0 Å². The van der Waals surface area contributed by atoms with E-state index in [1.165, 1.54) is 0 Å². The average molecular weight is 328 g/mol. The number of benzene rings is 1. The van der Waals surface area contributed by atoms with Gasteiger partial charge in [-0.05, 0) is 36.5 Å². The molecule has 2 N–H and O–H groups in total. The molecular formula is C16H22F2N2O3. The molecule has 128 valence electrons. The molecule has 0 spiro atoms. The standard InChI is InChI=1S/C16H22F2N2O3/c17-15(18)11-23-14-5-1-3-12(7-14)8-19-16(22)20-6-2-4-13(9-20)10-21/h1,3,5,7,13,15,21H,2,4,6,8-11H2,(H,19,22)/t13-/m0/s1. The summed E-state index contributed by atoms with van der Waals surface area (Å²) in [6.45, 7) is 0.976. The van der Waals surface area contributed by atoms with Crippen LogP contribution < -0.4 is 10.1 Å². The van der Waals surface area contributed by atoms with Crippen LogP contribution in [-0.2, 0) is 6.54 Å². The highest BCUT2D eigenvalue weighted by atomic mass is 19.3. The molecule has 1 aromatic carbocycles. The van der Waals surface area contributed by atoms with E-state index in [0.29, 0.717) is 25.4 Å². The molecule has 1 aliphatic heterocycles. The van der Waals surface area contributed by atoms with Crippen LogP contribution in [0.2, 0.25) is 0 Å². The number of aliphatic hydroxyl groups is 1. The second-order valence-corrected chi connectivity index (χ2v) is 5.65. The van der Waals surface area contributed by atoms with Crippen molar-refractivity contribution in [3.8, 4) is 5.75 Å². The van der Waals surface area contributed by atoms with Gasteiger partial charge >= 0.3 is 6.03 Å². The molecular weight excluding hydrogens is 306 g/mol. The van der Waals surface area contributed by atoms with Gasteiger partial charge in [0.25, 0.3) is 6.43 Å². The van der Waals surface area contributed by atoms with Crippen LogP contribution in [0.15, 0.2) is 24.3 Å². The van der Waals surface area contributed by atoms with Gasteiger partial charge in [-0.25, -0.2) is 13.6 Å². The lowest BCUT2D eigenvalue weighted by Gasteiger charge is -2.31. The van der Waals surface area contributed by atoms with Gasteiger partial charge in [0.1, 0.15) is 12.4 Å². The monoisotopic (exact) mass is 328 g/mol. The summed E-state index contributed by atoms with van der Waals surface area (Å²) < 4.78 is 29.2. The maximum atomic E-state index is 12.1. The van der Waals surface area contributed by atoms with Gasteiger partial charge < -0.3 is 20.1 Å². The number of alkyl halides is 2. The van der Waals surface area contributed by atoms with Crippen molar-refractivity contribution in [1.29, 1.82) is 0 Å². The van der Waals surface area contributed by atoms with Crippen LogP contribution in [0, 0.1) is 5.92 Å². The SMILES string of the molecule is O=C(NCc1cccc(OCC(F)F)c1)N1CCC[C@H](CO)C1. The fraction of sp³-hybridized carbons (Fsp3) is 0.562. The number of aliphatic hydroxyl groups excluding tert-OH is 1. The first-order chi connectivity index (χ1) is 11.1. The van der Waals surface area contributed by atoms with Crippen molar-refractivity contribution >= 4 is 6.03 Å². The van der Waals surface area contributed by atoms with Crippen molar-refractivity contribution in [3.63, 3.8) is 0 Å². The van der Waals surface area contributed by atoms with Crippen molar-refractivity contribution < 1.29 is 23.4 Å². The number of carbonyl (C=O) groups is 1. The number of piperidine rings is 1. The quantitative estimate of drug-likeness (QED) is 0.842. The molecule has 1 heterocycles. The van der Waals surface area contributed by atoms with Gasteiger partial charge in [0.2, 0.25) is 0 Å². The van der Waals surface area contributed by atoms with Gasteiger partial charge in [-0.15, -0.1) is 0 Å². The first-order valence-electron chi connectivity index (χ1n) is 7.72. The van der Waals surface area contributed by atoms with E-state index in [1.807, 2.05) is 0 Å². The summed E-state index contributed by atoms with van der Waals surface area (Å²) >= 11 is 0. The first kappa shape index (κ1) is 17.5. The van der Waals surface area contributed by atoms with Gasteiger partial charge in [0.05, 0.1) is 0 Å². The van der Waals surface area contributed by atoms with Crippen LogP contribution in [0.25, 0.3) is 0 Å². The number of likely N-dealkylation sites (tertiary alicyclic amines) is 1. The van der Waals surface area contributed by atoms with E-state index in [1.54, 1.807) is 29.2 Å². The number of halogens is 2. The average Bonchev–Trinajstić information content (AvgIpc) is 2.58. The van der Waals surface area contributed by atoms with Gasteiger partial charge in [-0.3, -0.25) is 0 Å². The Bertz CT molecular complexity index is 514. The lowest BCUT2D eigenvalue weighted by atomic mass is 9.99. The number of nitrogens with zero attached hydrogens (tertiary/aromatic N) is 1. The molecule has 2 amide bonds. The van der Waals surface area contributed by atoms with Crippen molar-refractivity contribution in [2.45, 2.75) is 25.8 Å². The molecule has 5 nitrogen and oxygen atoms in total. The van der Waals surface area contributed by atoms with Crippen molar-refractivity contribution in [1.82, 2.24) is 10.2 Å². The number of hydrogen-bond donors (Lipinski definition) is 2. The first-order valence-corrected chi connectivity index (χ1v) is 7.72. The third-order valence-electron chi connectivity index (χ3n) is 3.78. The molecule has 23 heavy (non-hydrogen) atoms. The Hall–Kier alpha value is -1.89. The Labute approximate surface area is 134 Å². The van der Waals surface area contributed by atoms with Crippen molar-refractivity contribution in [2.75, 3.05) is 26.3 Å². The van der Waals surface area contributed by atoms with Crippen LogP contribution in [0.5, 0.6) is 5.75 Å². The zero-order valence-corrected chi connectivity index (χ0v) is 12.9. The van der Waals surface area contributed by atoms with Crippen LogP contribution in [-0.4, -0.2) is 48.8 Å². The summed E-state index contributed by atoms with van der Waals surface area (Å²) in [4.78, 5) is 13.8. The topological polar surface area (TPSA) is 61.8 Å². The van der Waals surface area contributed by atoms with Gasteiger partial charge in [0.15, 0.2) is 0 Å². The zero-order valence-electron chi connectivity index (χ0n) is 12.9. The van der Waals surface area contributed by atoms with E-state index in [4.69, 9.17) is 4.74 Å². The molecule has 1 aliphatic rings. The normalized spacial score (nSPS) is 18.1. The number of ether oxygens (including phenoxy) is 1. The number of nitrogens with one attached hydrogen (secondary N) is 1. The lowest BCUT2D eigenvalue weighted by Crippen LogP contribution is -2.45. The van der Waals surface area contributed by atoms with E-state index < -0.39 is 13.0 Å². The van der Waals surface area contributed by atoms with E-state index >= 15 is 0 Å². The number of rotatable bonds is 6. The predicted molar refractivity (Wildman–Crippen MR) is 81.6 cm³/mol. The second-order valence-electron chi connectivity index (χ2n) is 5.65. The minimum Gasteiger partial charge on any atom is -0.488 e. The highest BCUT2D eigenvalue weighted by Crippen LogP contribution is 2.17. The number of hydrogen-bond acceptors (Lipinski definition) is 3. The minimum absolute atomic E-state index is 0.0906. The Kier molecular flexibility index (Phi) is 6.58. The van der Waals surface area contributed by atoms with E-state index in [-0.39, 0.29) is 18.6 Å².